The van der Waals surface area contributed by atoms with Crippen molar-refractivity contribution in [3.8, 4) is 0 Å². The van der Waals surface area contributed by atoms with Gasteiger partial charge in [0.15, 0.2) is 9.84 Å². The Hall–Kier alpha value is -2.70. The van der Waals surface area contributed by atoms with E-state index in [1.165, 1.54) is 4.90 Å². The lowest BCUT2D eigenvalue weighted by atomic mass is 9.80. The predicted octanol–water partition coefficient (Wildman–Crippen LogP) is 2.15. The van der Waals surface area contributed by atoms with Crippen LogP contribution in [0.2, 0.25) is 0 Å². The molecule has 2 saturated carbocycles. The van der Waals surface area contributed by atoms with Crippen LogP contribution in [0.25, 0.3) is 0 Å². The van der Waals surface area contributed by atoms with Crippen molar-refractivity contribution in [1.82, 2.24) is 20.9 Å². The minimum Gasteiger partial charge on any atom is -0.363 e. The van der Waals surface area contributed by atoms with Crippen LogP contribution in [0.4, 0.5) is 4.79 Å². The fourth-order valence-corrected chi connectivity index (χ4v) is 8.02. The van der Waals surface area contributed by atoms with Crippen LogP contribution in [-0.4, -0.2) is 84.1 Å². The lowest BCUT2D eigenvalue weighted by molar-refractivity contribution is -0.145. The molecular formula is C32H55N5O7S. The molecule has 5 amide bonds. The largest absolute Gasteiger partial charge is 0.363 e. The number of rotatable bonds is 12. The third-order valence-corrected chi connectivity index (χ3v) is 12.9. The van der Waals surface area contributed by atoms with Gasteiger partial charge < -0.3 is 26.6 Å². The van der Waals surface area contributed by atoms with E-state index in [-0.39, 0.29) is 34.8 Å². The number of piperidine rings is 1. The number of fused-ring (bicyclic) bond motifs is 1. The Morgan fingerprint density at radius 1 is 0.956 bits per heavy atom. The molecule has 0 spiro atoms. The highest BCUT2D eigenvalue weighted by Crippen LogP contribution is 2.65. The van der Waals surface area contributed by atoms with E-state index in [2.05, 4.69) is 16.0 Å². The molecule has 1 saturated heterocycles. The zero-order chi connectivity index (χ0) is 34.4. The fraction of sp³-hybridized carbons (Fsp3) is 0.844. The monoisotopic (exact) mass is 653 g/mol. The van der Waals surface area contributed by atoms with Crippen LogP contribution in [0, 0.1) is 34.5 Å². The quantitative estimate of drug-likeness (QED) is 0.233. The Morgan fingerprint density at radius 2 is 1.53 bits per heavy atom. The number of nitrogens with two attached hydrogens (primary N) is 1. The maximum atomic E-state index is 14.2. The summed E-state index contributed by atoms with van der Waals surface area (Å²) in [6.45, 7) is 18.3. The second-order valence-corrected chi connectivity index (χ2v) is 19.2. The molecule has 5 N–H and O–H groups in total. The van der Waals surface area contributed by atoms with E-state index in [0.717, 1.165) is 19.3 Å². The molecule has 3 aliphatic rings. The van der Waals surface area contributed by atoms with E-state index in [1.54, 1.807) is 41.5 Å². The second kappa shape index (κ2) is 12.8. The molecule has 1 heterocycles. The number of urea groups is 1. The number of carbonyl (C=O) groups is 5. The van der Waals surface area contributed by atoms with Gasteiger partial charge in [-0.2, -0.15) is 0 Å². The van der Waals surface area contributed by atoms with Gasteiger partial charge in [-0.05, 0) is 61.7 Å². The number of nitrogens with zero attached hydrogens (tertiary/aromatic N) is 1. The summed E-state index contributed by atoms with van der Waals surface area (Å²) in [6.07, 6.45) is 3.16. The first-order chi connectivity index (χ1) is 20.4. The van der Waals surface area contributed by atoms with Crippen molar-refractivity contribution in [2.45, 2.75) is 124 Å². The number of primary amides is 1. The van der Waals surface area contributed by atoms with Gasteiger partial charge in [-0.1, -0.05) is 67.7 Å². The molecule has 0 aromatic carbocycles. The summed E-state index contributed by atoms with van der Waals surface area (Å²) >= 11 is 0. The molecule has 45 heavy (non-hydrogen) atoms. The van der Waals surface area contributed by atoms with Gasteiger partial charge in [0.25, 0.3) is 5.91 Å². The summed E-state index contributed by atoms with van der Waals surface area (Å²) in [5.74, 6) is -3.26. The molecule has 3 fully saturated rings. The molecule has 1 aliphatic heterocycles. The third-order valence-electron chi connectivity index (χ3n) is 10.3. The van der Waals surface area contributed by atoms with Gasteiger partial charge in [-0.25, -0.2) is 13.2 Å². The Bertz CT molecular complexity index is 1290. The highest BCUT2D eigenvalue weighted by molar-refractivity contribution is 7.92. The van der Waals surface area contributed by atoms with Gasteiger partial charge in [0, 0.05) is 12.6 Å². The standard InChI is InChI=1S/C32H55N5O7S/c1-17(2)21(16-45(43,44)31(6,7)8)35-29(42)36-25(30(3,4)5)28(41)37-15-19-22(32(19,9)10)23(37)27(40)34-20(24(38)26(33)39)14-18-12-11-13-18/h17-23,25H,11-16H2,1-10H3,(H2,33,39)(H,34,40)(H2,35,36,42)/t19-,20?,21+,22-,23-,25+/m0/s1. The molecule has 0 bridgehead atoms. The first-order valence-corrected chi connectivity index (χ1v) is 17.8. The lowest BCUT2D eigenvalue weighted by Gasteiger charge is -2.38. The van der Waals surface area contributed by atoms with E-state index >= 15 is 0 Å². The van der Waals surface area contributed by atoms with Crippen LogP contribution >= 0.6 is 0 Å². The van der Waals surface area contributed by atoms with Crippen LogP contribution in [0.1, 0.15) is 94.9 Å². The van der Waals surface area contributed by atoms with E-state index < -0.39 is 73.7 Å². The van der Waals surface area contributed by atoms with Gasteiger partial charge in [0.05, 0.1) is 16.5 Å². The van der Waals surface area contributed by atoms with E-state index in [4.69, 9.17) is 5.73 Å². The molecule has 1 unspecified atom stereocenters. The van der Waals surface area contributed by atoms with E-state index in [9.17, 15) is 32.4 Å². The minimum atomic E-state index is -3.55. The molecule has 0 radical (unpaired) electrons. The van der Waals surface area contributed by atoms with Crippen LogP contribution in [0.3, 0.4) is 0 Å². The summed E-state index contributed by atoms with van der Waals surface area (Å²) in [4.78, 5) is 67.4. The molecule has 256 valence electrons. The van der Waals surface area contributed by atoms with E-state index in [1.807, 2.05) is 27.7 Å². The smallest absolute Gasteiger partial charge is 0.315 e. The van der Waals surface area contributed by atoms with Crippen molar-refractivity contribution in [1.29, 1.82) is 0 Å². The summed E-state index contributed by atoms with van der Waals surface area (Å²) in [5.41, 5.74) is 4.34. The average molecular weight is 654 g/mol. The zero-order valence-corrected chi connectivity index (χ0v) is 29.5. The van der Waals surface area contributed by atoms with Crippen molar-refractivity contribution in [3.05, 3.63) is 0 Å². The number of amides is 5. The highest BCUT2D eigenvalue weighted by Gasteiger charge is 2.70. The fourth-order valence-electron chi connectivity index (χ4n) is 6.58. The van der Waals surface area contributed by atoms with Crippen molar-refractivity contribution in [2.75, 3.05) is 12.3 Å². The molecule has 6 atom stereocenters. The molecule has 2 aliphatic carbocycles. The average Bonchev–Trinajstić information content (AvgIpc) is 3.19. The maximum absolute atomic E-state index is 14.2. The number of hydrogen-bond acceptors (Lipinski definition) is 7. The number of ketones is 1. The predicted molar refractivity (Wildman–Crippen MR) is 171 cm³/mol. The summed E-state index contributed by atoms with van der Waals surface area (Å²) < 4.78 is 24.8. The van der Waals surface area contributed by atoms with Crippen molar-refractivity contribution in [3.63, 3.8) is 0 Å². The number of hydrogen-bond donors (Lipinski definition) is 4. The Morgan fingerprint density at radius 3 is 1.98 bits per heavy atom. The normalized spacial score (nSPS) is 25.0. The highest BCUT2D eigenvalue weighted by atomic mass is 32.2. The topological polar surface area (TPSA) is 185 Å². The minimum absolute atomic E-state index is 0.0523. The van der Waals surface area contributed by atoms with Gasteiger partial charge in [-0.3, -0.25) is 19.2 Å². The SMILES string of the molecule is CC(C)[C@@H](CS(=O)(=O)C(C)(C)C)NC(=O)N[C@H](C(=O)N1C[C@H]2[C@@H]([C@H]1C(=O)NC(CC1CCC1)C(=O)C(N)=O)C2(C)C)C(C)(C)C. The summed E-state index contributed by atoms with van der Waals surface area (Å²) in [7, 11) is -3.55. The summed E-state index contributed by atoms with van der Waals surface area (Å²) in [6, 6.07) is -4.36. The molecule has 13 heteroatoms. The first-order valence-electron chi connectivity index (χ1n) is 16.1. The Balaban J connectivity index is 1.82. The van der Waals surface area contributed by atoms with Gasteiger partial charge in [-0.15, -0.1) is 0 Å². The lowest BCUT2D eigenvalue weighted by Crippen LogP contribution is -2.62. The Labute approximate surface area is 268 Å². The second-order valence-electron chi connectivity index (χ2n) is 16.4. The Kier molecular flexibility index (Phi) is 10.5. The molecule has 3 rings (SSSR count). The molecule has 0 aromatic rings. The molecule has 0 aromatic heterocycles. The van der Waals surface area contributed by atoms with Crippen LogP contribution in [0.15, 0.2) is 0 Å². The third kappa shape index (κ3) is 8.00. The number of Topliss-reactive ketones (excluding diaryl/α,β-unsaturated/α-hetero) is 1. The van der Waals surface area contributed by atoms with Crippen molar-refractivity contribution >= 4 is 39.4 Å². The summed E-state index contributed by atoms with van der Waals surface area (Å²) in [5, 5.41) is 8.33. The van der Waals surface area contributed by atoms with E-state index in [0.29, 0.717) is 13.0 Å². The molecule has 12 nitrogen and oxygen atoms in total. The van der Waals surface area contributed by atoms with Gasteiger partial charge in [0.2, 0.25) is 17.6 Å². The number of likely N-dealkylation sites (tertiary alicyclic amines) is 1. The first kappa shape index (κ1) is 36.8. The van der Waals surface area contributed by atoms with Crippen LogP contribution in [0.5, 0.6) is 0 Å². The van der Waals surface area contributed by atoms with Crippen molar-refractivity contribution < 1.29 is 32.4 Å². The number of carbonyl (C=O) groups excluding carboxylic acids is 5. The number of sulfone groups is 1. The van der Waals surface area contributed by atoms with Crippen LogP contribution in [-0.2, 0) is 29.0 Å². The number of nitrogens with one attached hydrogen (secondary N) is 3. The van der Waals surface area contributed by atoms with Crippen LogP contribution < -0.4 is 21.7 Å². The molecular weight excluding hydrogens is 598 g/mol. The van der Waals surface area contributed by atoms with Gasteiger partial charge in [0.1, 0.15) is 12.1 Å². The zero-order valence-electron chi connectivity index (χ0n) is 28.7. The van der Waals surface area contributed by atoms with Crippen molar-refractivity contribution in [2.24, 2.45) is 40.2 Å². The maximum Gasteiger partial charge on any atom is 0.315 e. The van der Waals surface area contributed by atoms with Gasteiger partial charge >= 0.3 is 6.03 Å².